The van der Waals surface area contributed by atoms with Crippen molar-refractivity contribution in [1.82, 2.24) is 0 Å². The van der Waals surface area contributed by atoms with Gasteiger partial charge in [-0.15, -0.1) is 0 Å². The molecule has 2 unspecified atom stereocenters. The van der Waals surface area contributed by atoms with Crippen molar-refractivity contribution in [3.8, 4) is 0 Å². The first kappa shape index (κ1) is 5.17. The van der Waals surface area contributed by atoms with Gasteiger partial charge in [-0.05, 0) is 17.3 Å². The molecule has 0 amide bonds. The van der Waals surface area contributed by atoms with Gasteiger partial charge < -0.3 is 0 Å². The van der Waals surface area contributed by atoms with Gasteiger partial charge in [0.15, 0.2) is 0 Å². The molecule has 3 aliphatic rings. The summed E-state index contributed by atoms with van der Waals surface area (Å²) >= 11 is 0. The molecule has 0 aromatic rings. The normalized spacial score (nSPS) is 67.0. The average Bonchev–Trinajstić information content (AvgIpc) is 2.36. The summed E-state index contributed by atoms with van der Waals surface area (Å²) in [7, 11) is 0. The third-order valence-corrected chi connectivity index (χ3v) is 4.12. The summed E-state index contributed by atoms with van der Waals surface area (Å²) < 4.78 is 0. The molecule has 0 bridgehead atoms. The second kappa shape index (κ2) is 1.03. The molecule has 0 aromatic carbocycles. The quantitative estimate of drug-likeness (QED) is 0.444. The van der Waals surface area contributed by atoms with Crippen LogP contribution in [0.25, 0.3) is 0 Å². The van der Waals surface area contributed by atoms with E-state index in [4.69, 9.17) is 0 Å². The molecule has 0 heteroatoms. The van der Waals surface area contributed by atoms with E-state index in [0.29, 0.717) is 10.8 Å². The summed E-state index contributed by atoms with van der Waals surface area (Å²) in [5.41, 5.74) is 1.02. The molecule has 1 fully saturated rings. The lowest BCUT2D eigenvalue weighted by atomic mass is 9.79. The summed E-state index contributed by atoms with van der Waals surface area (Å²) in [5.74, 6) is 1.78. The molecule has 0 radical (unpaired) electrons. The van der Waals surface area contributed by atoms with Crippen molar-refractivity contribution in [3.63, 3.8) is 0 Å². The van der Waals surface area contributed by atoms with Crippen LogP contribution in [-0.4, -0.2) is 0 Å². The number of hydrogen-bond acceptors (Lipinski definition) is 0. The predicted octanol–water partition coefficient (Wildman–Crippen LogP) is 2.38. The zero-order valence-electron chi connectivity index (χ0n) is 6.46. The van der Waals surface area contributed by atoms with Crippen LogP contribution in [0, 0.1) is 22.7 Å². The van der Waals surface area contributed by atoms with Gasteiger partial charge in [-0.3, -0.25) is 0 Å². The van der Waals surface area contributed by atoms with Gasteiger partial charge in [-0.1, -0.05) is 38.2 Å². The third kappa shape index (κ3) is 0.264. The van der Waals surface area contributed by atoms with Crippen LogP contribution in [0.1, 0.15) is 13.8 Å². The zero-order chi connectivity index (χ0) is 6.98. The summed E-state index contributed by atoms with van der Waals surface area (Å²) in [6.45, 7) is 4.77. The topological polar surface area (TPSA) is 0 Å². The molecule has 0 heterocycles. The molecule has 0 spiro atoms. The van der Waals surface area contributed by atoms with Gasteiger partial charge in [0.25, 0.3) is 0 Å². The molecule has 52 valence electrons. The van der Waals surface area contributed by atoms with E-state index in [1.165, 1.54) is 0 Å². The van der Waals surface area contributed by atoms with Crippen LogP contribution in [0.2, 0.25) is 0 Å². The fourth-order valence-corrected chi connectivity index (χ4v) is 2.96. The van der Waals surface area contributed by atoms with E-state index in [9.17, 15) is 0 Å². The Morgan fingerprint density at radius 1 is 1.00 bits per heavy atom. The van der Waals surface area contributed by atoms with E-state index in [2.05, 4.69) is 38.2 Å². The van der Waals surface area contributed by atoms with Crippen molar-refractivity contribution in [3.05, 3.63) is 24.3 Å². The van der Waals surface area contributed by atoms with Crippen molar-refractivity contribution >= 4 is 0 Å². The molecule has 10 heavy (non-hydrogen) atoms. The predicted molar refractivity (Wildman–Crippen MR) is 41.5 cm³/mol. The summed E-state index contributed by atoms with van der Waals surface area (Å²) in [6, 6.07) is 0. The van der Waals surface area contributed by atoms with Crippen LogP contribution in [0.5, 0.6) is 0 Å². The molecule has 4 atom stereocenters. The Hall–Kier alpha value is -0.520. The Morgan fingerprint density at radius 2 is 1.50 bits per heavy atom. The van der Waals surface area contributed by atoms with Gasteiger partial charge in [0.2, 0.25) is 0 Å². The summed E-state index contributed by atoms with van der Waals surface area (Å²) in [5, 5.41) is 0. The van der Waals surface area contributed by atoms with Gasteiger partial charge in [0.05, 0.1) is 0 Å². The number of rotatable bonds is 0. The molecule has 0 aromatic heterocycles. The highest BCUT2D eigenvalue weighted by atomic mass is 14.7. The number of fused-ring (bicyclic) bond motifs is 1. The fraction of sp³-hybridized carbons (Fsp3) is 0.600. The van der Waals surface area contributed by atoms with Crippen molar-refractivity contribution in [2.75, 3.05) is 0 Å². The number of allylic oxidation sites excluding steroid dienone is 4. The SMILES string of the molecule is CC12C=C[C@@H]3[C@H](C=C1)C32C. The monoisotopic (exact) mass is 132 g/mol. The van der Waals surface area contributed by atoms with Crippen LogP contribution >= 0.6 is 0 Å². The maximum atomic E-state index is 2.42. The summed E-state index contributed by atoms with van der Waals surface area (Å²) in [6.07, 6.45) is 9.59. The number of hydrogen-bond donors (Lipinski definition) is 0. The fourth-order valence-electron chi connectivity index (χ4n) is 2.96. The van der Waals surface area contributed by atoms with Gasteiger partial charge in [0, 0.05) is 5.41 Å². The van der Waals surface area contributed by atoms with Gasteiger partial charge in [0.1, 0.15) is 0 Å². The second-order valence-corrected chi connectivity index (χ2v) is 4.34. The van der Waals surface area contributed by atoms with Crippen molar-refractivity contribution in [2.45, 2.75) is 13.8 Å². The van der Waals surface area contributed by atoms with Gasteiger partial charge in [-0.2, -0.15) is 0 Å². The molecular weight excluding hydrogens is 120 g/mol. The smallest absolute Gasteiger partial charge is 0.00983 e. The van der Waals surface area contributed by atoms with Crippen LogP contribution in [0.3, 0.4) is 0 Å². The van der Waals surface area contributed by atoms with Crippen molar-refractivity contribution < 1.29 is 0 Å². The average molecular weight is 132 g/mol. The molecule has 0 nitrogen and oxygen atoms in total. The molecule has 1 saturated carbocycles. The zero-order valence-corrected chi connectivity index (χ0v) is 6.46. The minimum atomic E-state index is 0.419. The van der Waals surface area contributed by atoms with E-state index in [-0.39, 0.29) is 0 Å². The van der Waals surface area contributed by atoms with Crippen molar-refractivity contribution in [2.24, 2.45) is 22.7 Å². The maximum absolute atomic E-state index is 2.42. The van der Waals surface area contributed by atoms with Crippen molar-refractivity contribution in [1.29, 1.82) is 0 Å². The van der Waals surface area contributed by atoms with Crippen LogP contribution in [0.4, 0.5) is 0 Å². The van der Waals surface area contributed by atoms with E-state index in [1.54, 1.807) is 0 Å². The minimum Gasteiger partial charge on any atom is -0.0833 e. The Morgan fingerprint density at radius 3 is 1.80 bits per heavy atom. The van der Waals surface area contributed by atoms with Crippen LogP contribution in [-0.2, 0) is 0 Å². The Kier molecular flexibility index (Phi) is 0.532. The van der Waals surface area contributed by atoms with Crippen LogP contribution in [0.15, 0.2) is 24.3 Å². The third-order valence-electron chi connectivity index (χ3n) is 4.12. The molecule has 0 N–H and O–H groups in total. The van der Waals surface area contributed by atoms with E-state index in [1.807, 2.05) is 0 Å². The first-order valence-corrected chi connectivity index (χ1v) is 4.07. The Labute approximate surface area is 61.6 Å². The Bertz CT molecular complexity index is 237. The van der Waals surface area contributed by atoms with E-state index < -0.39 is 0 Å². The first-order valence-electron chi connectivity index (χ1n) is 4.07. The minimum absolute atomic E-state index is 0.419. The van der Waals surface area contributed by atoms with E-state index in [0.717, 1.165) is 11.8 Å². The lowest BCUT2D eigenvalue weighted by molar-refractivity contribution is 0.333. The first-order chi connectivity index (χ1) is 4.68. The Balaban J connectivity index is 2.26. The van der Waals surface area contributed by atoms with Gasteiger partial charge >= 0.3 is 0 Å². The molecule has 3 rings (SSSR count). The molecule has 0 aliphatic heterocycles. The van der Waals surface area contributed by atoms with E-state index >= 15 is 0 Å². The lowest BCUT2D eigenvalue weighted by Crippen LogP contribution is -2.18. The molecule has 3 aliphatic carbocycles. The second-order valence-electron chi connectivity index (χ2n) is 4.34. The lowest BCUT2D eigenvalue weighted by Gasteiger charge is -2.24. The van der Waals surface area contributed by atoms with Crippen LogP contribution < -0.4 is 0 Å². The highest BCUT2D eigenvalue weighted by Crippen LogP contribution is 2.76. The standard InChI is InChI=1S/C10H12/c1-9-5-3-7-8(4-6-9)10(7,9)2/h3-8H,1-2H3/t7-,8+,9?,10?. The molecular formula is C10H12. The summed E-state index contributed by atoms with van der Waals surface area (Å²) in [4.78, 5) is 0. The highest BCUT2D eigenvalue weighted by molar-refractivity contribution is 5.44. The highest BCUT2D eigenvalue weighted by Gasteiger charge is 2.71. The maximum Gasteiger partial charge on any atom is 0.00983 e. The van der Waals surface area contributed by atoms with Gasteiger partial charge in [-0.25, -0.2) is 0 Å². The largest absolute Gasteiger partial charge is 0.0833 e. The molecule has 0 saturated heterocycles.